The normalized spacial score (nSPS) is 11.4. The Hall–Kier alpha value is -1.76. The van der Waals surface area contributed by atoms with Crippen LogP contribution < -0.4 is 14.2 Å². The number of hydrogen-bond donors (Lipinski definition) is 1. The first-order chi connectivity index (χ1) is 11.7. The summed E-state index contributed by atoms with van der Waals surface area (Å²) in [6.07, 6.45) is 0. The Morgan fingerprint density at radius 1 is 1.00 bits per heavy atom. The number of methoxy groups -OCH3 is 1. The molecule has 0 spiro atoms. The fourth-order valence-corrected chi connectivity index (χ4v) is 3.81. The molecule has 0 amide bonds. The monoisotopic (exact) mass is 383 g/mol. The highest BCUT2D eigenvalue weighted by Crippen LogP contribution is 2.26. The first-order valence-corrected chi connectivity index (χ1v) is 9.64. The summed E-state index contributed by atoms with van der Waals surface area (Å²) in [5.74, 6) is 1.28. The zero-order chi connectivity index (χ0) is 18.6. The van der Waals surface area contributed by atoms with Gasteiger partial charge in [-0.15, -0.1) is 0 Å². The predicted octanol–water partition coefficient (Wildman–Crippen LogP) is 3.63. The van der Waals surface area contributed by atoms with E-state index in [1.54, 1.807) is 26.2 Å². The second-order valence-corrected chi connectivity index (χ2v) is 7.86. The molecule has 0 aliphatic carbocycles. The second-order valence-electron chi connectivity index (χ2n) is 5.75. The van der Waals surface area contributed by atoms with E-state index in [-0.39, 0.29) is 18.0 Å². The van der Waals surface area contributed by atoms with Crippen molar-refractivity contribution in [2.45, 2.75) is 25.7 Å². The quantitative estimate of drug-likeness (QED) is 0.741. The van der Waals surface area contributed by atoms with E-state index in [0.29, 0.717) is 22.1 Å². The third kappa shape index (κ3) is 4.87. The number of sulfonamides is 1. The van der Waals surface area contributed by atoms with Gasteiger partial charge >= 0.3 is 0 Å². The van der Waals surface area contributed by atoms with Gasteiger partial charge in [-0.05, 0) is 67.8 Å². The SMILES string of the molecule is COc1ccc(S(=O)(=O)NCCOc2cc(C)c(Cl)c(C)c2)c(C)c1. The zero-order valence-corrected chi connectivity index (χ0v) is 16.3. The summed E-state index contributed by atoms with van der Waals surface area (Å²) in [6.45, 7) is 5.91. The first kappa shape index (κ1) is 19.6. The van der Waals surface area contributed by atoms with Gasteiger partial charge in [0.25, 0.3) is 0 Å². The molecule has 0 bridgehead atoms. The van der Waals surface area contributed by atoms with Crippen molar-refractivity contribution in [2.75, 3.05) is 20.3 Å². The van der Waals surface area contributed by atoms with Gasteiger partial charge in [0.2, 0.25) is 10.0 Å². The van der Waals surface area contributed by atoms with E-state index in [4.69, 9.17) is 21.1 Å². The predicted molar refractivity (Wildman–Crippen MR) is 99.3 cm³/mol. The molecule has 5 nitrogen and oxygen atoms in total. The Morgan fingerprint density at radius 3 is 2.16 bits per heavy atom. The second kappa shape index (κ2) is 8.08. The largest absolute Gasteiger partial charge is 0.497 e. The summed E-state index contributed by atoms with van der Waals surface area (Å²) >= 11 is 6.12. The first-order valence-electron chi connectivity index (χ1n) is 7.78. The maximum Gasteiger partial charge on any atom is 0.240 e. The molecule has 7 heteroatoms. The molecule has 136 valence electrons. The number of hydrogen-bond acceptors (Lipinski definition) is 4. The van der Waals surface area contributed by atoms with Crippen molar-refractivity contribution in [3.63, 3.8) is 0 Å². The van der Waals surface area contributed by atoms with Gasteiger partial charge in [-0.25, -0.2) is 13.1 Å². The molecular weight excluding hydrogens is 362 g/mol. The van der Waals surface area contributed by atoms with Crippen LogP contribution in [0.15, 0.2) is 35.2 Å². The standard InChI is InChI=1S/C18H22ClNO4S/c1-12-9-15(23-4)5-6-17(12)25(21,22)20-7-8-24-16-10-13(2)18(19)14(3)11-16/h5-6,9-11,20H,7-8H2,1-4H3. The number of benzene rings is 2. The maximum absolute atomic E-state index is 12.4. The minimum atomic E-state index is -3.60. The van der Waals surface area contributed by atoms with Gasteiger partial charge in [0.05, 0.1) is 12.0 Å². The van der Waals surface area contributed by atoms with Gasteiger partial charge in [-0.1, -0.05) is 11.6 Å². The summed E-state index contributed by atoms with van der Waals surface area (Å²) in [7, 11) is -2.06. The Balaban J connectivity index is 1.97. The Kier molecular flexibility index (Phi) is 6.32. The molecule has 1 N–H and O–H groups in total. The molecule has 0 unspecified atom stereocenters. The van der Waals surface area contributed by atoms with Crippen molar-refractivity contribution in [3.8, 4) is 11.5 Å². The lowest BCUT2D eigenvalue weighted by Gasteiger charge is -2.12. The molecule has 0 saturated heterocycles. The van der Waals surface area contributed by atoms with Crippen molar-refractivity contribution in [2.24, 2.45) is 0 Å². The number of rotatable bonds is 7. The van der Waals surface area contributed by atoms with E-state index in [2.05, 4.69) is 4.72 Å². The molecule has 2 rings (SSSR count). The van der Waals surface area contributed by atoms with Crippen LogP contribution in [-0.2, 0) is 10.0 Å². The Morgan fingerprint density at radius 2 is 1.60 bits per heavy atom. The van der Waals surface area contributed by atoms with E-state index in [0.717, 1.165) is 11.1 Å². The smallest absolute Gasteiger partial charge is 0.240 e. The van der Waals surface area contributed by atoms with Crippen LogP contribution in [0, 0.1) is 20.8 Å². The topological polar surface area (TPSA) is 64.6 Å². The molecule has 2 aromatic rings. The van der Waals surface area contributed by atoms with Crippen molar-refractivity contribution in [1.29, 1.82) is 0 Å². The molecule has 0 aromatic heterocycles. The Labute approximate surface area is 154 Å². The third-order valence-electron chi connectivity index (χ3n) is 3.74. The van der Waals surface area contributed by atoms with E-state index >= 15 is 0 Å². The van der Waals surface area contributed by atoms with Gasteiger partial charge in [0.1, 0.15) is 18.1 Å². The number of halogens is 1. The van der Waals surface area contributed by atoms with Crippen molar-refractivity contribution in [1.82, 2.24) is 4.72 Å². The summed E-state index contributed by atoms with van der Waals surface area (Å²) in [5.41, 5.74) is 2.47. The summed E-state index contributed by atoms with van der Waals surface area (Å²) in [6, 6.07) is 8.50. The molecule has 0 heterocycles. The molecule has 0 atom stereocenters. The maximum atomic E-state index is 12.4. The third-order valence-corrected chi connectivity index (χ3v) is 5.96. The van der Waals surface area contributed by atoms with Crippen LogP contribution in [0.25, 0.3) is 0 Å². The van der Waals surface area contributed by atoms with Crippen molar-refractivity contribution in [3.05, 3.63) is 52.0 Å². The average Bonchev–Trinajstić information content (AvgIpc) is 2.56. The van der Waals surface area contributed by atoms with Gasteiger partial charge in [0.15, 0.2) is 0 Å². The lowest BCUT2D eigenvalue weighted by Crippen LogP contribution is -2.28. The van der Waals surface area contributed by atoms with Crippen LogP contribution >= 0.6 is 11.6 Å². The van der Waals surface area contributed by atoms with E-state index in [1.165, 1.54) is 6.07 Å². The highest BCUT2D eigenvalue weighted by Gasteiger charge is 2.16. The Bertz CT molecular complexity index is 842. The van der Waals surface area contributed by atoms with Crippen LogP contribution in [0.5, 0.6) is 11.5 Å². The number of nitrogens with one attached hydrogen (secondary N) is 1. The van der Waals surface area contributed by atoms with Gasteiger partial charge in [-0.2, -0.15) is 0 Å². The van der Waals surface area contributed by atoms with Crippen molar-refractivity contribution >= 4 is 21.6 Å². The van der Waals surface area contributed by atoms with Gasteiger partial charge in [-0.3, -0.25) is 0 Å². The van der Waals surface area contributed by atoms with Crippen LogP contribution in [0.3, 0.4) is 0 Å². The molecule has 0 saturated carbocycles. The fourth-order valence-electron chi connectivity index (χ4n) is 2.46. The van der Waals surface area contributed by atoms with Gasteiger partial charge < -0.3 is 9.47 Å². The molecule has 0 fully saturated rings. The van der Waals surface area contributed by atoms with Crippen LogP contribution in [0.1, 0.15) is 16.7 Å². The molecule has 0 aliphatic heterocycles. The highest BCUT2D eigenvalue weighted by atomic mass is 35.5. The lowest BCUT2D eigenvalue weighted by atomic mass is 10.1. The van der Waals surface area contributed by atoms with E-state index in [1.807, 2.05) is 26.0 Å². The van der Waals surface area contributed by atoms with Crippen LogP contribution in [-0.4, -0.2) is 28.7 Å². The summed E-state index contributed by atoms with van der Waals surface area (Å²) in [5, 5.41) is 0.711. The van der Waals surface area contributed by atoms with Gasteiger partial charge in [0, 0.05) is 11.6 Å². The summed E-state index contributed by atoms with van der Waals surface area (Å²) < 4.78 is 38.0. The van der Waals surface area contributed by atoms with E-state index < -0.39 is 10.0 Å². The number of ether oxygens (including phenoxy) is 2. The van der Waals surface area contributed by atoms with Crippen LogP contribution in [0.2, 0.25) is 5.02 Å². The highest BCUT2D eigenvalue weighted by molar-refractivity contribution is 7.89. The molecule has 2 aromatic carbocycles. The molecule has 0 aliphatic rings. The minimum Gasteiger partial charge on any atom is -0.497 e. The number of aryl methyl sites for hydroxylation is 3. The van der Waals surface area contributed by atoms with Crippen LogP contribution in [0.4, 0.5) is 0 Å². The van der Waals surface area contributed by atoms with Crippen molar-refractivity contribution < 1.29 is 17.9 Å². The fraction of sp³-hybridized carbons (Fsp3) is 0.333. The molecule has 25 heavy (non-hydrogen) atoms. The average molecular weight is 384 g/mol. The van der Waals surface area contributed by atoms with E-state index in [9.17, 15) is 8.42 Å². The molecular formula is C18H22ClNO4S. The summed E-state index contributed by atoms with van der Waals surface area (Å²) in [4.78, 5) is 0.228. The molecule has 0 radical (unpaired) electrons. The minimum absolute atomic E-state index is 0.161. The lowest BCUT2D eigenvalue weighted by molar-refractivity contribution is 0.322. The zero-order valence-electron chi connectivity index (χ0n) is 14.7.